The van der Waals surface area contributed by atoms with Crippen LogP contribution in [0.2, 0.25) is 0 Å². The van der Waals surface area contributed by atoms with Crippen LogP contribution in [0.1, 0.15) is 29.8 Å². The summed E-state index contributed by atoms with van der Waals surface area (Å²) in [6, 6.07) is 10.9. The van der Waals surface area contributed by atoms with Crippen molar-refractivity contribution in [1.82, 2.24) is 15.6 Å². The first kappa shape index (κ1) is 16.9. The average molecular weight is 329 g/mol. The van der Waals surface area contributed by atoms with Gasteiger partial charge in [-0.3, -0.25) is 15.1 Å². The Kier molecular flexibility index (Phi) is 6.05. The maximum Gasteiger partial charge on any atom is 0.261 e. The molecular weight excluding hydrogens is 310 g/mol. The quantitative estimate of drug-likeness (QED) is 0.826. The fraction of sp³-hybridized carbons (Fsp3) is 0.235. The van der Waals surface area contributed by atoms with Gasteiger partial charge < -0.3 is 10.1 Å². The summed E-state index contributed by atoms with van der Waals surface area (Å²) in [5, 5.41) is 5.90. The van der Waals surface area contributed by atoms with Crippen molar-refractivity contribution in [2.45, 2.75) is 26.5 Å². The molecule has 1 aromatic heterocycles. The number of nitrogens with zero attached hydrogens (tertiary/aromatic N) is 1. The van der Waals surface area contributed by atoms with E-state index < -0.39 is 0 Å². The largest absolute Gasteiger partial charge is 0.490 e. The molecule has 0 radical (unpaired) electrons. The summed E-state index contributed by atoms with van der Waals surface area (Å²) in [5.74, 6) is 0.236. The number of hydrogen-bond acceptors (Lipinski definition) is 4. The molecule has 0 atom stereocenters. The molecule has 120 valence electrons. The number of rotatable bonds is 5. The van der Waals surface area contributed by atoms with Crippen LogP contribution in [0, 0.1) is 0 Å². The number of amides is 1. The molecule has 0 saturated heterocycles. The molecule has 0 aliphatic rings. The molecule has 5 nitrogen and oxygen atoms in total. The highest BCUT2D eigenvalue weighted by Gasteiger charge is 2.14. The first-order valence-corrected chi connectivity index (χ1v) is 7.71. The lowest BCUT2D eigenvalue weighted by Gasteiger charge is -2.14. The number of ether oxygens (including phenoxy) is 1. The zero-order valence-corrected chi connectivity index (χ0v) is 13.9. The first-order valence-electron chi connectivity index (χ1n) is 7.30. The van der Waals surface area contributed by atoms with Crippen molar-refractivity contribution in [1.29, 1.82) is 0 Å². The molecule has 0 fully saturated rings. The summed E-state index contributed by atoms with van der Waals surface area (Å²) < 4.78 is 5.64. The van der Waals surface area contributed by atoms with Gasteiger partial charge in [-0.1, -0.05) is 18.2 Å². The second kappa shape index (κ2) is 8.24. The monoisotopic (exact) mass is 329 g/mol. The summed E-state index contributed by atoms with van der Waals surface area (Å²) >= 11 is 5.16. The zero-order valence-electron chi connectivity index (χ0n) is 13.1. The molecule has 0 aliphatic carbocycles. The number of thiocarbonyl (C=S) groups is 1. The highest BCUT2D eigenvalue weighted by atomic mass is 32.1. The van der Waals surface area contributed by atoms with Crippen LogP contribution in [0.5, 0.6) is 5.75 Å². The van der Waals surface area contributed by atoms with Gasteiger partial charge in [0.05, 0.1) is 11.7 Å². The summed E-state index contributed by atoms with van der Waals surface area (Å²) in [5.41, 5.74) is 1.43. The molecule has 2 N–H and O–H groups in total. The summed E-state index contributed by atoms with van der Waals surface area (Å²) in [7, 11) is 0. The van der Waals surface area contributed by atoms with Crippen molar-refractivity contribution in [2.75, 3.05) is 0 Å². The predicted octanol–water partition coefficient (Wildman–Crippen LogP) is 2.67. The number of para-hydroxylation sites is 1. The maximum atomic E-state index is 12.3. The molecule has 1 heterocycles. The number of carbonyl (C=O) groups is 1. The lowest BCUT2D eigenvalue weighted by atomic mass is 10.2. The van der Waals surface area contributed by atoms with Crippen LogP contribution < -0.4 is 15.4 Å². The second-order valence-electron chi connectivity index (χ2n) is 5.16. The fourth-order valence-electron chi connectivity index (χ4n) is 1.91. The Morgan fingerprint density at radius 3 is 2.74 bits per heavy atom. The van der Waals surface area contributed by atoms with Gasteiger partial charge in [0.1, 0.15) is 5.75 Å². The normalized spacial score (nSPS) is 10.2. The highest BCUT2D eigenvalue weighted by Crippen LogP contribution is 2.19. The minimum Gasteiger partial charge on any atom is -0.490 e. The van der Waals surface area contributed by atoms with Crippen molar-refractivity contribution in [3.8, 4) is 5.75 Å². The zero-order chi connectivity index (χ0) is 16.7. The Balaban J connectivity index is 1.95. The smallest absolute Gasteiger partial charge is 0.261 e. The maximum absolute atomic E-state index is 12.3. The van der Waals surface area contributed by atoms with Crippen LogP contribution in [-0.2, 0) is 6.54 Å². The van der Waals surface area contributed by atoms with E-state index in [1.807, 2.05) is 32.0 Å². The number of nitrogens with one attached hydrogen (secondary N) is 2. The van der Waals surface area contributed by atoms with Gasteiger partial charge in [-0.05, 0) is 49.8 Å². The summed E-state index contributed by atoms with van der Waals surface area (Å²) in [6.45, 7) is 4.32. The Bertz CT molecular complexity index is 675. The Labute approximate surface area is 141 Å². The van der Waals surface area contributed by atoms with E-state index in [9.17, 15) is 4.79 Å². The molecule has 0 unspecified atom stereocenters. The molecule has 0 spiro atoms. The Morgan fingerprint density at radius 1 is 1.26 bits per heavy atom. The lowest BCUT2D eigenvalue weighted by Crippen LogP contribution is -2.39. The van der Waals surface area contributed by atoms with E-state index in [-0.39, 0.29) is 17.1 Å². The number of carbonyl (C=O) groups excluding carboxylic acids is 1. The van der Waals surface area contributed by atoms with Gasteiger partial charge in [-0.25, -0.2) is 0 Å². The molecule has 23 heavy (non-hydrogen) atoms. The van der Waals surface area contributed by atoms with E-state index >= 15 is 0 Å². The third-order valence-electron chi connectivity index (χ3n) is 2.90. The molecule has 6 heteroatoms. The van der Waals surface area contributed by atoms with Gasteiger partial charge in [0, 0.05) is 18.9 Å². The molecular formula is C17H19N3O2S. The standard InChI is InChI=1S/C17H19N3O2S/c1-12(2)22-15-8-4-3-7-14(15)16(21)20-17(23)19-11-13-6-5-9-18-10-13/h3-10,12H,11H2,1-2H3,(H2,19,20,21,23). The van der Waals surface area contributed by atoms with E-state index in [1.54, 1.807) is 30.6 Å². The van der Waals surface area contributed by atoms with Crippen molar-refractivity contribution in [3.63, 3.8) is 0 Å². The van der Waals surface area contributed by atoms with Crippen molar-refractivity contribution in [2.24, 2.45) is 0 Å². The van der Waals surface area contributed by atoms with Crippen molar-refractivity contribution in [3.05, 3.63) is 59.9 Å². The molecule has 2 rings (SSSR count). The van der Waals surface area contributed by atoms with Gasteiger partial charge in [-0.2, -0.15) is 0 Å². The van der Waals surface area contributed by atoms with Crippen LogP contribution in [-0.4, -0.2) is 22.1 Å². The van der Waals surface area contributed by atoms with E-state index in [0.29, 0.717) is 17.9 Å². The van der Waals surface area contributed by atoms with Crippen molar-refractivity contribution < 1.29 is 9.53 Å². The fourth-order valence-corrected chi connectivity index (χ4v) is 2.08. The van der Waals surface area contributed by atoms with Gasteiger partial charge in [0.15, 0.2) is 5.11 Å². The predicted molar refractivity (Wildman–Crippen MR) is 93.3 cm³/mol. The number of benzene rings is 1. The SMILES string of the molecule is CC(C)Oc1ccccc1C(=O)NC(=S)NCc1cccnc1. The summed E-state index contributed by atoms with van der Waals surface area (Å²) in [4.78, 5) is 16.4. The van der Waals surface area contributed by atoms with Crippen LogP contribution in [0.3, 0.4) is 0 Å². The minimum absolute atomic E-state index is 0.0143. The van der Waals surface area contributed by atoms with Crippen LogP contribution in [0.25, 0.3) is 0 Å². The number of hydrogen-bond donors (Lipinski definition) is 2. The van der Waals surface area contributed by atoms with E-state index in [4.69, 9.17) is 17.0 Å². The van der Waals surface area contributed by atoms with Crippen LogP contribution in [0.15, 0.2) is 48.8 Å². The minimum atomic E-state index is -0.301. The third kappa shape index (κ3) is 5.34. The Hall–Kier alpha value is -2.47. The van der Waals surface area contributed by atoms with Gasteiger partial charge in [0.25, 0.3) is 5.91 Å². The van der Waals surface area contributed by atoms with Gasteiger partial charge in [0.2, 0.25) is 0 Å². The lowest BCUT2D eigenvalue weighted by molar-refractivity contribution is 0.0971. The van der Waals surface area contributed by atoms with Gasteiger partial charge in [-0.15, -0.1) is 0 Å². The molecule has 0 saturated carbocycles. The molecule has 0 aliphatic heterocycles. The number of aromatic nitrogens is 1. The van der Waals surface area contributed by atoms with Crippen molar-refractivity contribution >= 4 is 23.2 Å². The first-order chi connectivity index (χ1) is 11.1. The van der Waals surface area contributed by atoms with E-state index in [0.717, 1.165) is 5.56 Å². The van der Waals surface area contributed by atoms with Crippen LogP contribution >= 0.6 is 12.2 Å². The molecule has 1 amide bonds. The molecule has 0 bridgehead atoms. The van der Waals surface area contributed by atoms with E-state index in [1.165, 1.54) is 0 Å². The van der Waals surface area contributed by atoms with Gasteiger partial charge >= 0.3 is 0 Å². The topological polar surface area (TPSA) is 63.2 Å². The number of pyridine rings is 1. The summed E-state index contributed by atoms with van der Waals surface area (Å²) in [6.07, 6.45) is 3.43. The molecule has 2 aromatic rings. The highest BCUT2D eigenvalue weighted by molar-refractivity contribution is 7.80. The third-order valence-corrected chi connectivity index (χ3v) is 3.14. The second-order valence-corrected chi connectivity index (χ2v) is 5.57. The Morgan fingerprint density at radius 2 is 2.04 bits per heavy atom. The molecule has 1 aromatic carbocycles. The van der Waals surface area contributed by atoms with Crippen LogP contribution in [0.4, 0.5) is 0 Å². The average Bonchev–Trinajstić information content (AvgIpc) is 2.54. The van der Waals surface area contributed by atoms with E-state index in [2.05, 4.69) is 15.6 Å².